The van der Waals surface area contributed by atoms with Crippen LogP contribution in [0.25, 0.3) is 0 Å². The summed E-state index contributed by atoms with van der Waals surface area (Å²) < 4.78 is 29.6. The molecule has 2 aromatic rings. The molecule has 0 atom stereocenters. The Morgan fingerprint density at radius 3 is 2.31 bits per heavy atom. The Morgan fingerprint density at radius 1 is 1.00 bits per heavy atom. The van der Waals surface area contributed by atoms with Crippen LogP contribution in [0.2, 0.25) is 0 Å². The molecule has 1 amide bonds. The predicted molar refractivity (Wildman–Crippen MR) is 123 cm³/mol. The highest BCUT2D eigenvalue weighted by Gasteiger charge is 2.36. The molecule has 1 saturated heterocycles. The van der Waals surface area contributed by atoms with Crippen LogP contribution < -0.4 is 5.32 Å². The number of hydrogen-bond acceptors (Lipinski definition) is 6. The monoisotopic (exact) mass is 475 g/mol. The number of sulfonamides is 1. The van der Waals surface area contributed by atoms with Crippen molar-refractivity contribution in [3.8, 4) is 0 Å². The lowest BCUT2D eigenvalue weighted by atomic mass is 10.2. The lowest BCUT2D eigenvalue weighted by molar-refractivity contribution is -0.113. The van der Waals surface area contributed by atoms with Crippen molar-refractivity contribution in [2.45, 2.75) is 73.4 Å². The van der Waals surface area contributed by atoms with Crippen molar-refractivity contribution < 1.29 is 13.2 Å². The number of hydrogen-bond donors (Lipinski definition) is 1. The Labute approximate surface area is 193 Å². The largest absolute Gasteiger partial charge is 0.325 e. The second kappa shape index (κ2) is 9.15. The van der Waals surface area contributed by atoms with Crippen LogP contribution in [0.1, 0.15) is 69.2 Å². The van der Waals surface area contributed by atoms with Crippen molar-refractivity contribution >= 4 is 33.4 Å². The van der Waals surface area contributed by atoms with Crippen LogP contribution >= 0.6 is 11.8 Å². The maximum absolute atomic E-state index is 12.9. The molecular formula is C22H29N5O3S2. The molecule has 1 aromatic heterocycles. The molecule has 32 heavy (non-hydrogen) atoms. The maximum Gasteiger partial charge on any atom is 0.243 e. The van der Waals surface area contributed by atoms with E-state index in [4.69, 9.17) is 0 Å². The molecule has 0 radical (unpaired) electrons. The van der Waals surface area contributed by atoms with Gasteiger partial charge in [0.1, 0.15) is 5.82 Å². The average Bonchev–Trinajstić information content (AvgIpc) is 3.69. The zero-order valence-corrected chi connectivity index (χ0v) is 19.7. The summed E-state index contributed by atoms with van der Waals surface area (Å²) in [5, 5.41) is 12.4. The normalized spacial score (nSPS) is 20.1. The van der Waals surface area contributed by atoms with Crippen LogP contribution in [0, 0.1) is 0 Å². The number of rotatable bonds is 8. The standard InChI is InChI=1S/C22H29N5O3S2/c28-20(15-31-22-25-24-21(16-5-6-16)27(22)18-9-10-18)23-17-7-11-19(12-8-17)32(29,30)26-13-3-1-2-4-14-26/h7-8,11-12,16,18H,1-6,9-10,13-15H2,(H,23,28). The van der Waals surface area contributed by atoms with Crippen LogP contribution in [-0.4, -0.2) is 52.2 Å². The van der Waals surface area contributed by atoms with E-state index in [0.717, 1.165) is 49.5 Å². The van der Waals surface area contributed by atoms with E-state index in [1.165, 1.54) is 24.6 Å². The Bertz CT molecular complexity index is 1070. The molecule has 8 nitrogen and oxygen atoms in total. The van der Waals surface area contributed by atoms with Gasteiger partial charge in [0, 0.05) is 30.7 Å². The summed E-state index contributed by atoms with van der Waals surface area (Å²) in [6, 6.07) is 6.96. The SMILES string of the molecule is O=C(CSc1nnc(C2CC2)n1C1CC1)Nc1ccc(S(=O)(=O)N2CCCCCC2)cc1. The minimum absolute atomic E-state index is 0.142. The second-order valence-electron chi connectivity index (χ2n) is 8.90. The molecule has 2 heterocycles. The number of anilines is 1. The molecule has 1 aromatic carbocycles. The smallest absolute Gasteiger partial charge is 0.243 e. The molecule has 1 N–H and O–H groups in total. The molecule has 0 spiro atoms. The van der Waals surface area contributed by atoms with Gasteiger partial charge in [-0.3, -0.25) is 4.79 Å². The van der Waals surface area contributed by atoms with Crippen molar-refractivity contribution in [1.29, 1.82) is 0 Å². The van der Waals surface area contributed by atoms with Crippen LogP contribution in [0.5, 0.6) is 0 Å². The lowest BCUT2D eigenvalue weighted by Gasteiger charge is -2.20. The van der Waals surface area contributed by atoms with Crippen molar-refractivity contribution in [2.24, 2.45) is 0 Å². The first-order valence-corrected chi connectivity index (χ1v) is 13.9. The van der Waals surface area contributed by atoms with Gasteiger partial charge in [-0.05, 0) is 62.8 Å². The zero-order valence-electron chi connectivity index (χ0n) is 18.1. The maximum atomic E-state index is 12.9. The molecule has 3 fully saturated rings. The van der Waals surface area contributed by atoms with Crippen molar-refractivity contribution in [1.82, 2.24) is 19.1 Å². The highest BCUT2D eigenvalue weighted by Crippen LogP contribution is 2.46. The van der Waals surface area contributed by atoms with Crippen LogP contribution in [0.4, 0.5) is 5.69 Å². The van der Waals surface area contributed by atoms with Crippen molar-refractivity contribution in [3.63, 3.8) is 0 Å². The van der Waals surface area contributed by atoms with Gasteiger partial charge in [0.05, 0.1) is 10.6 Å². The summed E-state index contributed by atoms with van der Waals surface area (Å²) in [6.45, 7) is 1.15. The summed E-state index contributed by atoms with van der Waals surface area (Å²) in [5.41, 5.74) is 0.591. The third-order valence-corrected chi connectivity index (χ3v) is 9.07. The molecule has 2 saturated carbocycles. The number of benzene rings is 1. The summed E-state index contributed by atoms with van der Waals surface area (Å²) in [4.78, 5) is 12.8. The highest BCUT2D eigenvalue weighted by molar-refractivity contribution is 7.99. The third-order valence-electron chi connectivity index (χ3n) is 6.22. The van der Waals surface area contributed by atoms with E-state index < -0.39 is 10.0 Å². The Hall–Kier alpha value is -1.91. The first kappa shape index (κ1) is 21.9. The zero-order chi connectivity index (χ0) is 22.1. The van der Waals surface area contributed by atoms with E-state index in [-0.39, 0.29) is 16.6 Å². The number of carbonyl (C=O) groups is 1. The molecule has 0 unspecified atom stereocenters. The number of amides is 1. The molecule has 0 bridgehead atoms. The van der Waals surface area contributed by atoms with Gasteiger partial charge in [-0.15, -0.1) is 10.2 Å². The molecule has 1 aliphatic heterocycles. The summed E-state index contributed by atoms with van der Waals surface area (Å²) in [6.07, 6.45) is 8.64. The Balaban J connectivity index is 1.18. The number of thioether (sulfide) groups is 1. The fourth-order valence-corrected chi connectivity index (χ4v) is 6.48. The van der Waals surface area contributed by atoms with E-state index in [9.17, 15) is 13.2 Å². The third kappa shape index (κ3) is 4.87. The molecular weight excluding hydrogens is 446 g/mol. The van der Waals surface area contributed by atoms with Gasteiger partial charge in [0.25, 0.3) is 0 Å². The predicted octanol–water partition coefficient (Wildman–Crippen LogP) is 3.79. The Morgan fingerprint density at radius 2 is 1.69 bits per heavy atom. The van der Waals surface area contributed by atoms with E-state index in [1.807, 2.05) is 0 Å². The van der Waals surface area contributed by atoms with Gasteiger partial charge in [-0.1, -0.05) is 24.6 Å². The minimum Gasteiger partial charge on any atom is -0.325 e. The van der Waals surface area contributed by atoms with E-state index in [0.29, 0.717) is 30.7 Å². The first-order chi connectivity index (χ1) is 15.5. The summed E-state index contributed by atoms with van der Waals surface area (Å²) >= 11 is 1.41. The quantitative estimate of drug-likeness (QED) is 0.584. The number of aromatic nitrogens is 3. The number of nitrogens with one attached hydrogen (secondary N) is 1. The number of carbonyl (C=O) groups excluding carboxylic acids is 1. The van der Waals surface area contributed by atoms with Gasteiger partial charge >= 0.3 is 0 Å². The van der Waals surface area contributed by atoms with Gasteiger partial charge in [-0.25, -0.2) is 8.42 Å². The van der Waals surface area contributed by atoms with E-state index in [2.05, 4.69) is 20.1 Å². The molecule has 3 aliphatic rings. The van der Waals surface area contributed by atoms with Crippen LogP contribution in [0.3, 0.4) is 0 Å². The number of nitrogens with zero attached hydrogens (tertiary/aromatic N) is 4. The topological polar surface area (TPSA) is 97.2 Å². The molecule has 5 rings (SSSR count). The molecule has 172 valence electrons. The van der Waals surface area contributed by atoms with Crippen molar-refractivity contribution in [2.75, 3.05) is 24.2 Å². The lowest BCUT2D eigenvalue weighted by Crippen LogP contribution is -2.31. The van der Waals surface area contributed by atoms with Gasteiger partial charge in [0.15, 0.2) is 5.16 Å². The highest BCUT2D eigenvalue weighted by atomic mass is 32.2. The second-order valence-corrected chi connectivity index (χ2v) is 11.8. The van der Waals surface area contributed by atoms with Crippen molar-refractivity contribution in [3.05, 3.63) is 30.1 Å². The van der Waals surface area contributed by atoms with Gasteiger partial charge < -0.3 is 9.88 Å². The molecule has 10 heteroatoms. The fourth-order valence-electron chi connectivity index (χ4n) is 4.15. The molecule has 2 aliphatic carbocycles. The first-order valence-electron chi connectivity index (χ1n) is 11.5. The Kier molecular flexibility index (Phi) is 6.26. The summed E-state index contributed by atoms with van der Waals surface area (Å²) in [7, 11) is -3.49. The van der Waals surface area contributed by atoms with E-state index in [1.54, 1.807) is 28.6 Å². The van der Waals surface area contributed by atoms with Crippen LogP contribution in [-0.2, 0) is 14.8 Å². The van der Waals surface area contributed by atoms with Crippen LogP contribution in [0.15, 0.2) is 34.3 Å². The fraction of sp³-hybridized carbons (Fsp3) is 0.591. The average molecular weight is 476 g/mol. The minimum atomic E-state index is -3.49. The van der Waals surface area contributed by atoms with E-state index >= 15 is 0 Å². The summed E-state index contributed by atoms with van der Waals surface area (Å²) in [5.74, 6) is 1.71. The van der Waals surface area contributed by atoms with Gasteiger partial charge in [0.2, 0.25) is 15.9 Å². The van der Waals surface area contributed by atoms with Gasteiger partial charge in [-0.2, -0.15) is 4.31 Å².